The Labute approximate surface area is 160 Å². The minimum Gasteiger partial charge on any atom is -0.477 e. The number of aromatic amines is 1. The van der Waals surface area contributed by atoms with Crippen LogP contribution in [0.25, 0.3) is 22.0 Å². The molecule has 7 heteroatoms. The van der Waals surface area contributed by atoms with E-state index in [4.69, 9.17) is 4.52 Å². The highest BCUT2D eigenvalue weighted by molar-refractivity contribution is 5.96. The van der Waals surface area contributed by atoms with E-state index in [2.05, 4.69) is 44.5 Å². The summed E-state index contributed by atoms with van der Waals surface area (Å²) in [7, 11) is 0. The molecule has 2 N–H and O–H groups in total. The van der Waals surface area contributed by atoms with Crippen LogP contribution >= 0.6 is 0 Å². The smallest absolute Gasteiger partial charge is 0.354 e. The average Bonchev–Trinajstić information content (AvgIpc) is 3.34. The molecule has 0 saturated carbocycles. The molecule has 0 bridgehead atoms. The number of aromatic carboxylic acids is 1. The van der Waals surface area contributed by atoms with Crippen molar-refractivity contribution in [1.82, 2.24) is 20.3 Å². The molecule has 0 unspecified atom stereocenters. The molecule has 0 fully saturated rings. The van der Waals surface area contributed by atoms with Crippen LogP contribution < -0.4 is 0 Å². The molecule has 7 nitrogen and oxygen atoms in total. The highest BCUT2D eigenvalue weighted by Gasteiger charge is 2.26. The maximum absolute atomic E-state index is 11.3. The topological polar surface area (TPSA) is 95.2 Å². The Balaban J connectivity index is 1.49. The van der Waals surface area contributed by atoms with Crippen LogP contribution in [0.5, 0.6) is 0 Å². The summed E-state index contributed by atoms with van der Waals surface area (Å²) in [6, 6.07) is 14.4. The predicted octanol–water partition coefficient (Wildman–Crippen LogP) is 3.47. The molecule has 5 rings (SSSR count). The number of fused-ring (bicyclic) bond motifs is 2. The third kappa shape index (κ3) is 2.76. The van der Waals surface area contributed by atoms with Gasteiger partial charge in [-0.15, -0.1) is 0 Å². The number of benzene rings is 2. The van der Waals surface area contributed by atoms with Gasteiger partial charge in [0, 0.05) is 42.7 Å². The maximum Gasteiger partial charge on any atom is 0.354 e. The van der Waals surface area contributed by atoms with Crippen molar-refractivity contribution in [2.24, 2.45) is 0 Å². The molecule has 3 heterocycles. The highest BCUT2D eigenvalue weighted by Crippen LogP contribution is 2.34. The number of H-pyrrole nitrogens is 1. The van der Waals surface area contributed by atoms with Gasteiger partial charge in [-0.1, -0.05) is 47.6 Å². The van der Waals surface area contributed by atoms with E-state index in [9.17, 15) is 9.90 Å². The molecule has 0 saturated heterocycles. The van der Waals surface area contributed by atoms with Gasteiger partial charge >= 0.3 is 5.97 Å². The Morgan fingerprint density at radius 2 is 2.07 bits per heavy atom. The lowest BCUT2D eigenvalue weighted by atomic mass is 9.97. The number of carboxylic acids is 1. The summed E-state index contributed by atoms with van der Waals surface area (Å²) >= 11 is 0. The van der Waals surface area contributed by atoms with Crippen LogP contribution in [0.4, 0.5) is 0 Å². The van der Waals surface area contributed by atoms with E-state index >= 15 is 0 Å². The van der Waals surface area contributed by atoms with Crippen molar-refractivity contribution >= 4 is 16.7 Å². The first-order valence-corrected chi connectivity index (χ1v) is 9.14. The van der Waals surface area contributed by atoms with Crippen LogP contribution in [0.3, 0.4) is 0 Å². The standard InChI is InChI=1S/C21H18N4O3/c26-21(27)19-14(10-22-23-19)11-25-9-8-18-17(12-25)20(24-28-18)16-7-3-5-13-4-1-2-6-15(13)16/h1-7,10H,8-9,11-12H2,(H,22,23)(H,26,27). The molecule has 2 aromatic carbocycles. The number of carbonyl (C=O) groups is 1. The first kappa shape index (κ1) is 16.7. The number of rotatable bonds is 4. The van der Waals surface area contributed by atoms with E-state index in [1.54, 1.807) is 6.20 Å². The average molecular weight is 374 g/mol. The molecule has 0 amide bonds. The third-order valence-corrected chi connectivity index (χ3v) is 5.28. The molecule has 0 spiro atoms. The predicted molar refractivity (Wildman–Crippen MR) is 103 cm³/mol. The number of nitrogens with zero attached hydrogens (tertiary/aromatic N) is 3. The number of hydrogen-bond donors (Lipinski definition) is 2. The normalized spacial score (nSPS) is 14.3. The van der Waals surface area contributed by atoms with E-state index < -0.39 is 5.97 Å². The monoisotopic (exact) mass is 374 g/mol. The zero-order valence-corrected chi connectivity index (χ0v) is 15.1. The van der Waals surface area contributed by atoms with Crippen molar-refractivity contribution in [2.45, 2.75) is 19.5 Å². The number of carboxylic acid groups (broad SMARTS) is 1. The Morgan fingerprint density at radius 1 is 1.21 bits per heavy atom. The van der Waals surface area contributed by atoms with Crippen molar-refractivity contribution in [3.63, 3.8) is 0 Å². The van der Waals surface area contributed by atoms with E-state index in [1.165, 1.54) is 0 Å². The molecule has 1 aliphatic heterocycles. The lowest BCUT2D eigenvalue weighted by Gasteiger charge is -2.25. The second-order valence-electron chi connectivity index (χ2n) is 7.00. The first-order chi connectivity index (χ1) is 13.7. The summed E-state index contributed by atoms with van der Waals surface area (Å²) in [5.41, 5.74) is 3.81. The number of nitrogens with one attached hydrogen (secondary N) is 1. The summed E-state index contributed by atoms with van der Waals surface area (Å²) in [6.45, 7) is 1.95. The van der Waals surface area contributed by atoms with Gasteiger partial charge in [0.2, 0.25) is 0 Å². The zero-order valence-electron chi connectivity index (χ0n) is 15.1. The van der Waals surface area contributed by atoms with Crippen molar-refractivity contribution < 1.29 is 14.4 Å². The molecule has 0 aliphatic carbocycles. The van der Waals surface area contributed by atoms with Gasteiger partial charge in [0.05, 0.1) is 6.20 Å². The Hall–Kier alpha value is -3.45. The van der Waals surface area contributed by atoms with E-state index in [0.717, 1.165) is 46.3 Å². The summed E-state index contributed by atoms with van der Waals surface area (Å²) in [6.07, 6.45) is 2.32. The Kier molecular flexibility index (Phi) is 3.95. The second-order valence-corrected chi connectivity index (χ2v) is 7.00. The molecule has 4 aromatic rings. The van der Waals surface area contributed by atoms with Crippen LogP contribution in [0, 0.1) is 0 Å². The van der Waals surface area contributed by atoms with Gasteiger partial charge in [-0.25, -0.2) is 4.79 Å². The molecular weight excluding hydrogens is 356 g/mol. The van der Waals surface area contributed by atoms with Crippen LogP contribution in [0.2, 0.25) is 0 Å². The molecule has 28 heavy (non-hydrogen) atoms. The second kappa shape index (κ2) is 6.61. The van der Waals surface area contributed by atoms with Crippen molar-refractivity contribution in [2.75, 3.05) is 6.54 Å². The highest BCUT2D eigenvalue weighted by atomic mass is 16.5. The summed E-state index contributed by atoms with van der Waals surface area (Å²) in [5, 5.41) is 22.4. The quantitative estimate of drug-likeness (QED) is 0.568. The largest absolute Gasteiger partial charge is 0.477 e. The lowest BCUT2D eigenvalue weighted by molar-refractivity contribution is 0.0687. The number of hydrogen-bond acceptors (Lipinski definition) is 5. The molecule has 2 aromatic heterocycles. The lowest BCUT2D eigenvalue weighted by Crippen LogP contribution is -2.30. The molecule has 0 atom stereocenters. The first-order valence-electron chi connectivity index (χ1n) is 9.14. The van der Waals surface area contributed by atoms with Gasteiger partial charge < -0.3 is 9.63 Å². The fraction of sp³-hybridized carbons (Fsp3) is 0.190. The fourth-order valence-corrected chi connectivity index (χ4v) is 3.90. The van der Waals surface area contributed by atoms with Gasteiger partial charge in [-0.05, 0) is 10.8 Å². The van der Waals surface area contributed by atoms with Gasteiger partial charge in [0.15, 0.2) is 0 Å². The molecule has 140 valence electrons. The van der Waals surface area contributed by atoms with Crippen molar-refractivity contribution in [3.05, 3.63) is 71.2 Å². The van der Waals surface area contributed by atoms with Crippen LogP contribution in [-0.4, -0.2) is 37.9 Å². The maximum atomic E-state index is 11.3. The zero-order chi connectivity index (χ0) is 19.1. The summed E-state index contributed by atoms with van der Waals surface area (Å²) < 4.78 is 5.65. The minimum atomic E-state index is -0.994. The number of aromatic nitrogens is 3. The van der Waals surface area contributed by atoms with Crippen LogP contribution in [0.1, 0.15) is 27.4 Å². The van der Waals surface area contributed by atoms with Crippen LogP contribution in [0.15, 0.2) is 53.2 Å². The Morgan fingerprint density at radius 3 is 2.96 bits per heavy atom. The summed E-state index contributed by atoms with van der Waals surface area (Å²) in [5.74, 6) is -0.0866. The van der Waals surface area contributed by atoms with E-state index in [0.29, 0.717) is 18.7 Å². The Bertz CT molecular complexity index is 1170. The van der Waals surface area contributed by atoms with Gasteiger partial charge in [-0.3, -0.25) is 10.00 Å². The fourth-order valence-electron chi connectivity index (χ4n) is 3.90. The van der Waals surface area contributed by atoms with Crippen LogP contribution in [-0.2, 0) is 19.5 Å². The molecule has 1 aliphatic rings. The van der Waals surface area contributed by atoms with Crippen molar-refractivity contribution in [3.8, 4) is 11.3 Å². The molecule has 0 radical (unpaired) electrons. The van der Waals surface area contributed by atoms with Gasteiger partial charge in [0.1, 0.15) is 17.1 Å². The van der Waals surface area contributed by atoms with Crippen molar-refractivity contribution in [1.29, 1.82) is 0 Å². The van der Waals surface area contributed by atoms with E-state index in [-0.39, 0.29) is 5.69 Å². The third-order valence-electron chi connectivity index (χ3n) is 5.28. The summed E-state index contributed by atoms with van der Waals surface area (Å²) in [4.78, 5) is 13.5. The molecular formula is C21H18N4O3. The van der Waals surface area contributed by atoms with Gasteiger partial charge in [-0.2, -0.15) is 5.10 Å². The van der Waals surface area contributed by atoms with Gasteiger partial charge in [0.25, 0.3) is 0 Å². The minimum absolute atomic E-state index is 0.144. The SMILES string of the molecule is O=C(O)c1[nH]ncc1CN1CCc2onc(-c3cccc4ccccc34)c2C1. The van der Waals surface area contributed by atoms with E-state index in [1.807, 2.05) is 18.2 Å².